The minimum absolute atomic E-state index is 0.185. The number of hydrogen-bond acceptors (Lipinski definition) is 7. The average Bonchev–Trinajstić information content (AvgIpc) is 2.80. The van der Waals surface area contributed by atoms with Crippen LogP contribution < -0.4 is 22.3 Å². The van der Waals surface area contributed by atoms with Gasteiger partial charge in [0.1, 0.15) is 5.82 Å². The van der Waals surface area contributed by atoms with Gasteiger partial charge in [0, 0.05) is 30.2 Å². The first-order valence-electron chi connectivity index (χ1n) is 10.5. The number of piperidine rings is 1. The zero-order valence-corrected chi connectivity index (χ0v) is 18.6. The maximum absolute atomic E-state index is 12.7. The summed E-state index contributed by atoms with van der Waals surface area (Å²) < 4.78 is 40.3. The number of nitrogen functional groups attached to an aromatic ring is 2. The highest BCUT2D eigenvalue weighted by Gasteiger charge is 2.30. The second-order valence-corrected chi connectivity index (χ2v) is 9.01. The Morgan fingerprint density at radius 1 is 0.970 bits per heavy atom. The van der Waals surface area contributed by atoms with Gasteiger partial charge in [0.05, 0.1) is 16.9 Å². The lowest BCUT2D eigenvalue weighted by atomic mass is 10.0. The van der Waals surface area contributed by atoms with E-state index in [1.165, 1.54) is 6.07 Å². The molecule has 1 aliphatic rings. The molecule has 0 saturated carbocycles. The van der Waals surface area contributed by atoms with E-state index in [1.54, 1.807) is 11.9 Å². The van der Waals surface area contributed by atoms with E-state index in [2.05, 4.69) is 44.3 Å². The van der Waals surface area contributed by atoms with E-state index in [0.29, 0.717) is 17.2 Å². The van der Waals surface area contributed by atoms with Crippen LogP contribution in [-0.4, -0.2) is 28.4 Å². The first kappa shape index (κ1) is 23.2. The molecule has 0 unspecified atom stereocenters. The number of benzene rings is 2. The largest absolute Gasteiger partial charge is 0.417 e. The van der Waals surface area contributed by atoms with Crippen LogP contribution in [0.2, 0.25) is 0 Å². The molecule has 33 heavy (non-hydrogen) atoms. The van der Waals surface area contributed by atoms with Crippen LogP contribution in [0.5, 0.6) is 0 Å². The van der Waals surface area contributed by atoms with Gasteiger partial charge in [0.25, 0.3) is 0 Å². The van der Waals surface area contributed by atoms with E-state index >= 15 is 0 Å². The number of aromatic nitrogens is 1. The van der Waals surface area contributed by atoms with E-state index in [0.717, 1.165) is 54.2 Å². The molecule has 6 N–H and O–H groups in total. The van der Waals surface area contributed by atoms with Gasteiger partial charge in [-0.3, -0.25) is 5.84 Å². The first-order chi connectivity index (χ1) is 15.8. The Labute approximate surface area is 194 Å². The van der Waals surface area contributed by atoms with E-state index in [4.69, 9.17) is 11.6 Å². The average molecular weight is 475 g/mol. The highest BCUT2D eigenvalue weighted by Crippen LogP contribution is 2.32. The molecule has 10 heteroatoms. The van der Waals surface area contributed by atoms with Crippen molar-refractivity contribution in [1.29, 1.82) is 0 Å². The molecule has 0 spiro atoms. The summed E-state index contributed by atoms with van der Waals surface area (Å²) in [6, 6.07) is 16.6. The third-order valence-electron chi connectivity index (χ3n) is 5.53. The van der Waals surface area contributed by atoms with Crippen LogP contribution in [0.3, 0.4) is 0 Å². The van der Waals surface area contributed by atoms with Crippen molar-refractivity contribution in [2.45, 2.75) is 30.0 Å². The number of nitrogens with zero attached hydrogens (tertiary/aromatic N) is 2. The van der Waals surface area contributed by atoms with E-state index in [1.807, 2.05) is 18.2 Å². The van der Waals surface area contributed by atoms with E-state index < -0.39 is 11.7 Å². The summed E-state index contributed by atoms with van der Waals surface area (Å²) in [5.41, 5.74) is 11.2. The zero-order valence-electron chi connectivity index (χ0n) is 17.8. The molecule has 0 bridgehead atoms. The predicted octanol–water partition coefficient (Wildman–Crippen LogP) is 5.22. The number of anilines is 3. The van der Waals surface area contributed by atoms with Crippen LogP contribution >= 0.6 is 11.9 Å². The summed E-state index contributed by atoms with van der Waals surface area (Å²) in [6.07, 6.45) is -1.73. The second-order valence-electron chi connectivity index (χ2n) is 7.84. The third-order valence-corrected chi connectivity index (χ3v) is 6.63. The van der Waals surface area contributed by atoms with Gasteiger partial charge in [0.15, 0.2) is 0 Å². The molecule has 3 aromatic rings. The number of nitrogens with one attached hydrogen (secondary N) is 2. The molecule has 0 amide bonds. The van der Waals surface area contributed by atoms with Crippen LogP contribution in [0.1, 0.15) is 18.4 Å². The molecular formula is C23H25F3N6S. The van der Waals surface area contributed by atoms with Crippen molar-refractivity contribution < 1.29 is 13.2 Å². The summed E-state index contributed by atoms with van der Waals surface area (Å²) in [6.45, 7) is 1.74. The first-order valence-corrected chi connectivity index (χ1v) is 11.3. The summed E-state index contributed by atoms with van der Waals surface area (Å²) in [5.74, 6) is 5.91. The molecule has 1 fully saturated rings. The van der Waals surface area contributed by atoms with E-state index in [9.17, 15) is 13.2 Å². The van der Waals surface area contributed by atoms with Gasteiger partial charge in [-0.1, -0.05) is 18.2 Å². The fraction of sp³-hybridized carbons (Fsp3) is 0.261. The van der Waals surface area contributed by atoms with Crippen LogP contribution in [0, 0.1) is 0 Å². The number of pyridine rings is 1. The smallest absolute Gasteiger partial charge is 0.397 e. The molecule has 2 aromatic carbocycles. The van der Waals surface area contributed by atoms with Gasteiger partial charge >= 0.3 is 6.18 Å². The van der Waals surface area contributed by atoms with Crippen molar-refractivity contribution in [2.24, 2.45) is 5.84 Å². The Hall–Kier alpha value is -2.95. The van der Waals surface area contributed by atoms with Crippen LogP contribution in [0.4, 0.5) is 30.4 Å². The minimum Gasteiger partial charge on any atom is -0.397 e. The monoisotopic (exact) mass is 474 g/mol. The maximum Gasteiger partial charge on any atom is 0.417 e. The van der Waals surface area contributed by atoms with Crippen molar-refractivity contribution in [3.8, 4) is 11.1 Å². The lowest BCUT2D eigenvalue weighted by molar-refractivity contribution is -0.137. The normalized spacial score (nSPS) is 15.4. The summed E-state index contributed by atoms with van der Waals surface area (Å²) in [7, 11) is 0. The molecule has 1 aliphatic heterocycles. The predicted molar refractivity (Wildman–Crippen MR) is 127 cm³/mol. The molecule has 0 radical (unpaired) electrons. The second kappa shape index (κ2) is 9.90. The van der Waals surface area contributed by atoms with Crippen molar-refractivity contribution in [3.05, 3.63) is 66.4 Å². The number of nitrogens with two attached hydrogens (primary N) is 2. The fourth-order valence-corrected chi connectivity index (χ4v) is 4.63. The van der Waals surface area contributed by atoms with Crippen molar-refractivity contribution >= 4 is 29.1 Å². The molecular weight excluding hydrogens is 449 g/mol. The van der Waals surface area contributed by atoms with Gasteiger partial charge in [-0.05, 0) is 72.3 Å². The highest BCUT2D eigenvalue weighted by atomic mass is 32.2. The Bertz CT molecular complexity index is 1070. The summed E-state index contributed by atoms with van der Waals surface area (Å²) in [5, 5.41) is 3.25. The molecule has 4 rings (SSSR count). The molecule has 0 atom stereocenters. The van der Waals surface area contributed by atoms with Crippen molar-refractivity contribution in [1.82, 2.24) is 9.29 Å². The van der Waals surface area contributed by atoms with Crippen LogP contribution in [-0.2, 0) is 6.18 Å². The lowest BCUT2D eigenvalue weighted by Gasteiger charge is -2.31. The number of hydrogen-bond donors (Lipinski definition) is 4. The lowest BCUT2D eigenvalue weighted by Crippen LogP contribution is -2.35. The molecule has 174 valence electrons. The molecule has 2 heterocycles. The summed E-state index contributed by atoms with van der Waals surface area (Å²) >= 11 is 1.70. The van der Waals surface area contributed by atoms with Gasteiger partial charge in [-0.25, -0.2) is 9.29 Å². The van der Waals surface area contributed by atoms with Gasteiger partial charge in [-0.2, -0.15) is 13.2 Å². The van der Waals surface area contributed by atoms with E-state index in [-0.39, 0.29) is 6.04 Å². The number of rotatable bonds is 6. The number of alkyl halides is 3. The number of halogens is 3. The quantitative estimate of drug-likeness (QED) is 0.169. The van der Waals surface area contributed by atoms with Crippen molar-refractivity contribution in [3.63, 3.8) is 0 Å². The molecule has 1 aromatic heterocycles. The third kappa shape index (κ3) is 5.89. The zero-order chi connectivity index (χ0) is 23.4. The summed E-state index contributed by atoms with van der Waals surface area (Å²) in [4.78, 5) is 5.05. The topological polar surface area (TPSA) is 92.2 Å². The Balaban J connectivity index is 1.28. The van der Waals surface area contributed by atoms with Gasteiger partial charge < -0.3 is 16.5 Å². The standard InChI is InChI=1S/C23H25F3N6S/c24-23(25,26)17-4-8-22(29-14-17)30-18-9-11-32(12-10-18)33-19-5-1-15(2-6-19)16-3-7-21(31-28)20(27)13-16/h1-8,13-14,18,31H,9-12,27-28H2,(H,29,30). The molecule has 0 aliphatic carbocycles. The van der Waals surface area contributed by atoms with Crippen molar-refractivity contribution in [2.75, 3.05) is 29.6 Å². The molecule has 6 nitrogen and oxygen atoms in total. The molecule has 1 saturated heterocycles. The Morgan fingerprint density at radius 3 is 2.24 bits per heavy atom. The number of hydrazine groups is 1. The Morgan fingerprint density at radius 2 is 1.67 bits per heavy atom. The highest BCUT2D eigenvalue weighted by molar-refractivity contribution is 7.97. The minimum atomic E-state index is -4.37. The van der Waals surface area contributed by atoms with Crippen LogP contribution in [0.15, 0.2) is 65.7 Å². The maximum atomic E-state index is 12.7. The Kier molecular flexibility index (Phi) is 6.96. The van der Waals surface area contributed by atoms with Crippen LogP contribution in [0.25, 0.3) is 11.1 Å². The van der Waals surface area contributed by atoms with Gasteiger partial charge in [-0.15, -0.1) is 0 Å². The SMILES string of the molecule is NNc1ccc(-c2ccc(SN3CCC(Nc4ccc(C(F)(F)F)cn4)CC3)cc2)cc1N. The fourth-order valence-electron chi connectivity index (χ4n) is 3.68. The van der Waals surface area contributed by atoms with Gasteiger partial charge in [0.2, 0.25) is 0 Å².